The number of sulfone groups is 1. The van der Waals surface area contributed by atoms with Crippen LogP contribution in [0.4, 0.5) is 0 Å². The van der Waals surface area contributed by atoms with Gasteiger partial charge in [0, 0.05) is 0 Å². The second-order valence-corrected chi connectivity index (χ2v) is 7.73. The molecule has 0 aliphatic heterocycles. The molecule has 1 aromatic heterocycles. The van der Waals surface area contributed by atoms with Crippen LogP contribution in [0, 0.1) is 17.2 Å². The first-order chi connectivity index (χ1) is 8.16. The summed E-state index contributed by atoms with van der Waals surface area (Å²) in [6.45, 7) is 0. The maximum absolute atomic E-state index is 12.4. The van der Waals surface area contributed by atoms with Gasteiger partial charge in [-0.1, -0.05) is 25.3 Å². The lowest BCUT2D eigenvalue weighted by Crippen LogP contribution is -2.28. The fourth-order valence-corrected chi connectivity index (χ4v) is 5.56. The fraction of sp³-hybridized carbons (Fsp3) is 0.583. The van der Waals surface area contributed by atoms with Crippen LogP contribution in [0.2, 0.25) is 0 Å². The number of thiophene rings is 1. The Balaban J connectivity index is 2.34. The highest BCUT2D eigenvalue weighted by Gasteiger charge is 2.36. The predicted molar refractivity (Wildman–Crippen MR) is 67.5 cm³/mol. The molecule has 1 aromatic rings. The fourth-order valence-electron chi connectivity index (χ4n) is 2.37. The molecule has 1 heterocycles. The lowest BCUT2D eigenvalue weighted by molar-refractivity contribution is 0.524. The third kappa shape index (κ3) is 2.53. The molecule has 0 amide bonds. The molecule has 1 aliphatic carbocycles. The molecule has 2 unspecified atom stereocenters. The minimum absolute atomic E-state index is 0.343. The molecule has 1 saturated carbocycles. The van der Waals surface area contributed by atoms with Crippen LogP contribution in [0.1, 0.15) is 32.1 Å². The highest BCUT2D eigenvalue weighted by atomic mass is 32.2. The first-order valence-electron chi connectivity index (χ1n) is 5.83. The maximum Gasteiger partial charge on any atom is 0.191 e. The van der Waals surface area contributed by atoms with Gasteiger partial charge in [-0.15, -0.1) is 11.3 Å². The van der Waals surface area contributed by atoms with Crippen molar-refractivity contribution in [1.29, 1.82) is 5.26 Å². The van der Waals surface area contributed by atoms with E-state index in [-0.39, 0.29) is 5.92 Å². The molecule has 2 rings (SSSR count). The standard InChI is InChI=1S/C12H15NO2S2/c13-9-10-5-2-1-3-6-11(10)17(14,15)12-7-4-8-16-12/h4,7-8,10-11H,1-3,5-6H2. The Morgan fingerprint density at radius 2 is 2.06 bits per heavy atom. The van der Waals surface area contributed by atoms with Crippen LogP contribution in [0.5, 0.6) is 0 Å². The molecule has 0 spiro atoms. The van der Waals surface area contributed by atoms with Crippen molar-refractivity contribution < 1.29 is 8.42 Å². The zero-order chi connectivity index (χ0) is 12.3. The quantitative estimate of drug-likeness (QED) is 0.775. The molecule has 5 heteroatoms. The van der Waals surface area contributed by atoms with Crippen molar-refractivity contribution in [3.63, 3.8) is 0 Å². The lowest BCUT2D eigenvalue weighted by atomic mass is 10.0. The van der Waals surface area contributed by atoms with Crippen molar-refractivity contribution in [2.24, 2.45) is 5.92 Å². The van der Waals surface area contributed by atoms with Gasteiger partial charge < -0.3 is 0 Å². The van der Waals surface area contributed by atoms with Gasteiger partial charge in [0.2, 0.25) is 0 Å². The third-order valence-electron chi connectivity index (χ3n) is 3.29. The second kappa shape index (κ2) is 5.19. The molecular formula is C12H15NO2S2. The van der Waals surface area contributed by atoms with Gasteiger partial charge in [-0.25, -0.2) is 8.42 Å². The van der Waals surface area contributed by atoms with Crippen molar-refractivity contribution in [3.8, 4) is 6.07 Å². The van der Waals surface area contributed by atoms with E-state index in [1.54, 1.807) is 17.5 Å². The summed E-state index contributed by atoms with van der Waals surface area (Å²) >= 11 is 1.25. The van der Waals surface area contributed by atoms with Gasteiger partial charge in [-0.2, -0.15) is 5.26 Å². The van der Waals surface area contributed by atoms with Gasteiger partial charge in [0.1, 0.15) is 4.21 Å². The Morgan fingerprint density at radius 3 is 2.71 bits per heavy atom. The topological polar surface area (TPSA) is 57.9 Å². The van der Waals surface area contributed by atoms with Gasteiger partial charge in [0.15, 0.2) is 9.84 Å². The first-order valence-corrected chi connectivity index (χ1v) is 8.26. The van der Waals surface area contributed by atoms with E-state index in [0.29, 0.717) is 17.1 Å². The summed E-state index contributed by atoms with van der Waals surface area (Å²) in [6.07, 6.45) is 4.25. The summed E-state index contributed by atoms with van der Waals surface area (Å²) in [5.41, 5.74) is 0. The van der Waals surface area contributed by atoms with Crippen LogP contribution in [0.15, 0.2) is 21.7 Å². The van der Waals surface area contributed by atoms with E-state index in [1.807, 2.05) is 0 Å². The second-order valence-electron chi connectivity index (χ2n) is 4.39. The van der Waals surface area contributed by atoms with Crippen LogP contribution in [-0.2, 0) is 9.84 Å². The Kier molecular flexibility index (Phi) is 3.85. The number of hydrogen-bond donors (Lipinski definition) is 0. The third-order valence-corrected chi connectivity index (χ3v) is 7.00. The summed E-state index contributed by atoms with van der Waals surface area (Å²) in [7, 11) is -3.31. The number of nitrogens with zero attached hydrogens (tertiary/aromatic N) is 1. The molecule has 0 radical (unpaired) electrons. The van der Waals surface area contributed by atoms with Gasteiger partial charge in [-0.3, -0.25) is 0 Å². The van der Waals surface area contributed by atoms with Crippen molar-refractivity contribution >= 4 is 21.2 Å². The number of hydrogen-bond acceptors (Lipinski definition) is 4. The Labute approximate surface area is 106 Å². The van der Waals surface area contributed by atoms with Crippen molar-refractivity contribution in [3.05, 3.63) is 17.5 Å². The van der Waals surface area contributed by atoms with E-state index in [4.69, 9.17) is 5.26 Å². The van der Waals surface area contributed by atoms with Gasteiger partial charge in [0.25, 0.3) is 0 Å². The van der Waals surface area contributed by atoms with E-state index in [2.05, 4.69) is 6.07 Å². The molecule has 17 heavy (non-hydrogen) atoms. The maximum atomic E-state index is 12.4. The zero-order valence-corrected chi connectivity index (χ0v) is 11.1. The Bertz CT molecular complexity index is 499. The molecule has 0 aromatic carbocycles. The zero-order valence-electron chi connectivity index (χ0n) is 9.50. The van der Waals surface area contributed by atoms with E-state index < -0.39 is 15.1 Å². The molecule has 92 valence electrons. The van der Waals surface area contributed by atoms with Crippen LogP contribution in [-0.4, -0.2) is 13.7 Å². The predicted octanol–water partition coefficient (Wildman–Crippen LogP) is 2.99. The summed E-state index contributed by atoms with van der Waals surface area (Å²) < 4.78 is 25.3. The van der Waals surface area contributed by atoms with Gasteiger partial charge in [0.05, 0.1) is 17.2 Å². The molecule has 0 saturated heterocycles. The molecule has 1 aliphatic rings. The van der Waals surface area contributed by atoms with Crippen molar-refractivity contribution in [1.82, 2.24) is 0 Å². The average molecular weight is 269 g/mol. The summed E-state index contributed by atoms with van der Waals surface area (Å²) in [6, 6.07) is 5.57. The Hall–Kier alpha value is -0.860. The summed E-state index contributed by atoms with van der Waals surface area (Å²) in [5, 5.41) is 10.4. The summed E-state index contributed by atoms with van der Waals surface area (Å²) in [4.78, 5) is 0. The van der Waals surface area contributed by atoms with E-state index in [0.717, 1.165) is 19.3 Å². The van der Waals surface area contributed by atoms with Crippen LogP contribution >= 0.6 is 11.3 Å². The molecule has 0 bridgehead atoms. The number of rotatable bonds is 2. The SMILES string of the molecule is N#CC1CCCCCC1S(=O)(=O)c1cccs1. The largest absolute Gasteiger partial charge is 0.223 e. The monoisotopic (exact) mass is 269 g/mol. The number of nitriles is 1. The normalized spacial score (nSPS) is 26.1. The highest BCUT2D eigenvalue weighted by Crippen LogP contribution is 2.33. The van der Waals surface area contributed by atoms with Gasteiger partial charge in [-0.05, 0) is 24.3 Å². The van der Waals surface area contributed by atoms with Crippen molar-refractivity contribution in [2.75, 3.05) is 0 Å². The molecular weight excluding hydrogens is 254 g/mol. The van der Waals surface area contributed by atoms with Gasteiger partial charge >= 0.3 is 0 Å². The smallest absolute Gasteiger partial charge is 0.191 e. The molecule has 2 atom stereocenters. The van der Waals surface area contributed by atoms with E-state index in [1.165, 1.54) is 11.3 Å². The Morgan fingerprint density at radius 1 is 1.29 bits per heavy atom. The van der Waals surface area contributed by atoms with Crippen LogP contribution < -0.4 is 0 Å². The highest BCUT2D eigenvalue weighted by molar-refractivity contribution is 7.94. The molecule has 3 nitrogen and oxygen atoms in total. The molecule has 0 N–H and O–H groups in total. The van der Waals surface area contributed by atoms with E-state index >= 15 is 0 Å². The minimum atomic E-state index is -3.31. The molecule has 1 fully saturated rings. The van der Waals surface area contributed by atoms with Crippen molar-refractivity contribution in [2.45, 2.75) is 41.6 Å². The summed E-state index contributed by atoms with van der Waals surface area (Å²) in [5.74, 6) is -0.343. The minimum Gasteiger partial charge on any atom is -0.223 e. The lowest BCUT2D eigenvalue weighted by Gasteiger charge is -2.18. The van der Waals surface area contributed by atoms with Crippen LogP contribution in [0.25, 0.3) is 0 Å². The van der Waals surface area contributed by atoms with Crippen LogP contribution in [0.3, 0.4) is 0 Å². The average Bonchev–Trinajstić information content (AvgIpc) is 2.74. The first kappa shape index (κ1) is 12.6. The van der Waals surface area contributed by atoms with E-state index in [9.17, 15) is 8.42 Å².